The first-order chi connectivity index (χ1) is 7.33. The van der Waals surface area contributed by atoms with Crippen LogP contribution in [0.5, 0.6) is 0 Å². The molecule has 0 unspecified atom stereocenters. The number of hydrogen-bond donors (Lipinski definition) is 3. The van der Waals surface area contributed by atoms with E-state index < -0.39 is 0 Å². The molecule has 1 fully saturated rings. The molecule has 1 aliphatic rings. The monoisotopic (exact) mass is 213 g/mol. The summed E-state index contributed by atoms with van der Waals surface area (Å²) in [7, 11) is 0. The summed E-state index contributed by atoms with van der Waals surface area (Å²) in [6.45, 7) is 5.51. The summed E-state index contributed by atoms with van der Waals surface area (Å²) < 4.78 is 0. The Hall–Kier alpha value is -0.120. The molecule has 1 rings (SSSR count). The molecule has 3 nitrogen and oxygen atoms in total. The maximum Gasteiger partial charge on any atom is 0.00676 e. The Kier molecular flexibility index (Phi) is 6.98. The summed E-state index contributed by atoms with van der Waals surface area (Å²) in [4.78, 5) is 0. The van der Waals surface area contributed by atoms with E-state index >= 15 is 0 Å². The molecule has 3 heteroatoms. The molecule has 0 aromatic carbocycles. The first kappa shape index (κ1) is 12.9. The average Bonchev–Trinajstić information content (AvgIpc) is 2.43. The summed E-state index contributed by atoms with van der Waals surface area (Å²) in [5, 5.41) is 6.99. The molecule has 15 heavy (non-hydrogen) atoms. The van der Waals surface area contributed by atoms with Crippen molar-refractivity contribution in [2.45, 2.75) is 57.5 Å². The lowest BCUT2D eigenvalue weighted by molar-refractivity contribution is 0.449. The van der Waals surface area contributed by atoms with E-state index in [9.17, 15) is 0 Å². The van der Waals surface area contributed by atoms with Gasteiger partial charge in [0, 0.05) is 12.1 Å². The normalized spacial score (nSPS) is 27.6. The number of hydrogen-bond acceptors (Lipinski definition) is 3. The third-order valence-electron chi connectivity index (χ3n) is 3.23. The topological polar surface area (TPSA) is 50.1 Å². The van der Waals surface area contributed by atoms with Crippen LogP contribution in [0.1, 0.15) is 45.4 Å². The summed E-state index contributed by atoms with van der Waals surface area (Å²) in [5.74, 6) is 0. The van der Waals surface area contributed by atoms with Gasteiger partial charge >= 0.3 is 0 Å². The van der Waals surface area contributed by atoms with Gasteiger partial charge in [0.05, 0.1) is 0 Å². The van der Waals surface area contributed by atoms with Gasteiger partial charge in [0.15, 0.2) is 0 Å². The van der Waals surface area contributed by atoms with E-state index in [4.69, 9.17) is 5.73 Å². The molecule has 0 spiro atoms. The van der Waals surface area contributed by atoms with E-state index in [1.807, 2.05) is 0 Å². The fraction of sp³-hybridized carbons (Fsp3) is 1.00. The molecule has 0 radical (unpaired) electrons. The van der Waals surface area contributed by atoms with Crippen molar-refractivity contribution >= 4 is 0 Å². The highest BCUT2D eigenvalue weighted by Crippen LogP contribution is 2.16. The van der Waals surface area contributed by atoms with E-state index in [0.29, 0.717) is 6.04 Å². The smallest absolute Gasteiger partial charge is 0.00676 e. The number of nitrogens with one attached hydrogen (secondary N) is 2. The van der Waals surface area contributed by atoms with Crippen molar-refractivity contribution in [3.05, 3.63) is 0 Å². The molecule has 0 saturated heterocycles. The van der Waals surface area contributed by atoms with E-state index in [1.54, 1.807) is 0 Å². The minimum atomic E-state index is 0.457. The Morgan fingerprint density at radius 3 is 2.80 bits per heavy atom. The third-order valence-corrected chi connectivity index (χ3v) is 3.23. The van der Waals surface area contributed by atoms with Gasteiger partial charge in [-0.2, -0.15) is 0 Å². The maximum atomic E-state index is 5.95. The van der Waals surface area contributed by atoms with Gasteiger partial charge in [-0.05, 0) is 51.7 Å². The van der Waals surface area contributed by atoms with Gasteiger partial charge in [0.2, 0.25) is 0 Å². The van der Waals surface area contributed by atoms with Crippen LogP contribution in [-0.4, -0.2) is 31.7 Å². The summed E-state index contributed by atoms with van der Waals surface area (Å²) in [5.41, 5.74) is 5.95. The van der Waals surface area contributed by atoms with Crippen LogP contribution in [0, 0.1) is 0 Å². The summed E-state index contributed by atoms with van der Waals surface area (Å²) >= 11 is 0. The molecule has 1 aliphatic carbocycles. The van der Waals surface area contributed by atoms with Gasteiger partial charge in [0.25, 0.3) is 0 Å². The standard InChI is InChI=1S/C12H27N3/c1-2-14-9-4-10-15-12-6-3-5-11(13)7-8-12/h11-12,14-15H,2-10,13H2,1H3/t11-,12+/m0/s1. The molecule has 4 N–H and O–H groups in total. The van der Waals surface area contributed by atoms with Crippen LogP contribution in [0.3, 0.4) is 0 Å². The largest absolute Gasteiger partial charge is 0.328 e. The highest BCUT2D eigenvalue weighted by Gasteiger charge is 2.15. The summed E-state index contributed by atoms with van der Waals surface area (Å²) in [6.07, 6.45) is 7.53. The quantitative estimate of drug-likeness (QED) is 0.459. The molecule has 0 aromatic rings. The van der Waals surface area contributed by atoms with Crippen LogP contribution in [0.4, 0.5) is 0 Å². The Morgan fingerprint density at radius 2 is 2.00 bits per heavy atom. The Labute approximate surface area is 94.2 Å². The lowest BCUT2D eigenvalue weighted by atomic mass is 10.1. The van der Waals surface area contributed by atoms with Gasteiger partial charge in [0.1, 0.15) is 0 Å². The van der Waals surface area contributed by atoms with Crippen molar-refractivity contribution in [1.29, 1.82) is 0 Å². The third kappa shape index (κ3) is 6.13. The van der Waals surface area contributed by atoms with Crippen LogP contribution in [0.15, 0.2) is 0 Å². The SMILES string of the molecule is CCNCCCN[C@@H]1CCC[C@H](N)CC1. The van der Waals surface area contributed by atoms with Crippen molar-refractivity contribution in [2.24, 2.45) is 5.73 Å². The zero-order valence-electron chi connectivity index (χ0n) is 10.1. The van der Waals surface area contributed by atoms with Crippen molar-refractivity contribution in [3.8, 4) is 0 Å². The lowest BCUT2D eigenvalue weighted by Crippen LogP contribution is -2.31. The van der Waals surface area contributed by atoms with Crippen LogP contribution in [0.25, 0.3) is 0 Å². The van der Waals surface area contributed by atoms with Crippen LogP contribution >= 0.6 is 0 Å². The molecule has 0 aromatic heterocycles. The van der Waals surface area contributed by atoms with E-state index in [0.717, 1.165) is 25.7 Å². The Morgan fingerprint density at radius 1 is 1.13 bits per heavy atom. The average molecular weight is 213 g/mol. The second kappa shape index (κ2) is 8.08. The zero-order valence-corrected chi connectivity index (χ0v) is 10.1. The first-order valence-corrected chi connectivity index (χ1v) is 6.52. The second-order valence-corrected chi connectivity index (χ2v) is 4.63. The van der Waals surface area contributed by atoms with Crippen molar-refractivity contribution in [2.75, 3.05) is 19.6 Å². The van der Waals surface area contributed by atoms with Crippen LogP contribution in [0.2, 0.25) is 0 Å². The molecule has 2 atom stereocenters. The fourth-order valence-corrected chi connectivity index (χ4v) is 2.23. The van der Waals surface area contributed by atoms with E-state index in [2.05, 4.69) is 17.6 Å². The predicted octanol–water partition coefficient (Wildman–Crippen LogP) is 1.24. The highest BCUT2D eigenvalue weighted by molar-refractivity contribution is 4.76. The van der Waals surface area contributed by atoms with Gasteiger partial charge < -0.3 is 16.4 Å². The van der Waals surface area contributed by atoms with Gasteiger partial charge in [-0.1, -0.05) is 13.3 Å². The Bertz CT molecular complexity index is 150. The van der Waals surface area contributed by atoms with Gasteiger partial charge in [-0.15, -0.1) is 0 Å². The zero-order chi connectivity index (χ0) is 10.9. The lowest BCUT2D eigenvalue weighted by Gasteiger charge is -2.16. The van der Waals surface area contributed by atoms with Gasteiger partial charge in [-0.25, -0.2) is 0 Å². The molecule has 0 heterocycles. The fourth-order valence-electron chi connectivity index (χ4n) is 2.23. The molecule has 1 saturated carbocycles. The second-order valence-electron chi connectivity index (χ2n) is 4.63. The number of nitrogens with two attached hydrogens (primary N) is 1. The minimum Gasteiger partial charge on any atom is -0.328 e. The van der Waals surface area contributed by atoms with Crippen LogP contribution < -0.4 is 16.4 Å². The van der Waals surface area contributed by atoms with Crippen LogP contribution in [-0.2, 0) is 0 Å². The molecular formula is C12H27N3. The molecule has 0 amide bonds. The van der Waals surface area contributed by atoms with E-state index in [-0.39, 0.29) is 0 Å². The van der Waals surface area contributed by atoms with Crippen molar-refractivity contribution in [3.63, 3.8) is 0 Å². The molecular weight excluding hydrogens is 186 g/mol. The molecule has 0 aliphatic heterocycles. The van der Waals surface area contributed by atoms with Crippen molar-refractivity contribution < 1.29 is 0 Å². The molecule has 90 valence electrons. The van der Waals surface area contributed by atoms with E-state index in [1.165, 1.54) is 38.5 Å². The minimum absolute atomic E-state index is 0.457. The maximum absolute atomic E-state index is 5.95. The predicted molar refractivity (Wildman–Crippen MR) is 66.0 cm³/mol. The van der Waals surface area contributed by atoms with Crippen molar-refractivity contribution in [1.82, 2.24) is 10.6 Å². The van der Waals surface area contributed by atoms with Gasteiger partial charge in [-0.3, -0.25) is 0 Å². The Balaban J connectivity index is 2.00. The number of rotatable bonds is 6. The first-order valence-electron chi connectivity index (χ1n) is 6.52. The molecule has 0 bridgehead atoms. The summed E-state index contributed by atoms with van der Waals surface area (Å²) in [6, 6.07) is 1.18. The highest BCUT2D eigenvalue weighted by atomic mass is 14.9.